The molecule has 0 aromatic heterocycles. The molecular weight excluding hydrogens is 276 g/mol. The molecule has 0 unspecified atom stereocenters. The average molecular weight is 297 g/mol. The molecule has 1 aromatic carbocycles. The van der Waals surface area contributed by atoms with Crippen LogP contribution in [0.1, 0.15) is 18.6 Å². The molecule has 2 rings (SSSR count). The molecule has 1 saturated heterocycles. The van der Waals surface area contributed by atoms with Crippen LogP contribution in [0.15, 0.2) is 24.3 Å². The van der Waals surface area contributed by atoms with Gasteiger partial charge in [-0.25, -0.2) is 0 Å². The van der Waals surface area contributed by atoms with E-state index < -0.39 is 0 Å². The number of nitrogens with one attached hydrogen (secondary N) is 1. The van der Waals surface area contributed by atoms with Crippen molar-refractivity contribution < 1.29 is 9.53 Å². The molecule has 1 heterocycles. The minimum atomic E-state index is -0.136. The number of ether oxygens (including phenoxy) is 1. The molecule has 1 aliphatic rings. The molecule has 0 bridgehead atoms. The Morgan fingerprint density at radius 1 is 1.55 bits per heavy atom. The first-order valence-electron chi connectivity index (χ1n) is 6.93. The van der Waals surface area contributed by atoms with Gasteiger partial charge in [-0.2, -0.15) is 0 Å². The number of benzene rings is 1. The van der Waals surface area contributed by atoms with E-state index in [1.165, 1.54) is 0 Å². The Morgan fingerprint density at radius 2 is 2.30 bits per heavy atom. The maximum atomic E-state index is 12.3. The van der Waals surface area contributed by atoms with Crippen molar-refractivity contribution in [3.63, 3.8) is 0 Å². The highest BCUT2D eigenvalue weighted by Gasteiger charge is 2.28. The smallest absolute Gasteiger partial charge is 0.226 e. The Kier molecular flexibility index (Phi) is 5.40. The Labute approximate surface area is 125 Å². The van der Waals surface area contributed by atoms with Crippen LogP contribution in [0.5, 0.6) is 0 Å². The summed E-state index contributed by atoms with van der Waals surface area (Å²) in [6.45, 7) is 4.39. The van der Waals surface area contributed by atoms with Crippen molar-refractivity contribution in [2.75, 3.05) is 33.3 Å². The quantitative estimate of drug-likeness (QED) is 0.925. The van der Waals surface area contributed by atoms with Crippen LogP contribution in [0.25, 0.3) is 0 Å². The van der Waals surface area contributed by atoms with E-state index in [1.54, 1.807) is 0 Å². The topological polar surface area (TPSA) is 41.6 Å². The normalized spacial score (nSPS) is 20.8. The van der Waals surface area contributed by atoms with E-state index in [0.717, 1.165) is 5.56 Å². The number of hydrogen-bond acceptors (Lipinski definition) is 3. The van der Waals surface area contributed by atoms with Gasteiger partial charge in [0.1, 0.15) is 6.10 Å². The lowest BCUT2D eigenvalue weighted by molar-refractivity contribution is -0.142. The van der Waals surface area contributed by atoms with Crippen molar-refractivity contribution in [2.45, 2.75) is 13.0 Å². The van der Waals surface area contributed by atoms with Crippen LogP contribution in [0.4, 0.5) is 0 Å². The molecule has 1 amide bonds. The highest BCUT2D eigenvalue weighted by atomic mass is 35.5. The molecular formula is C15H21ClN2O2. The van der Waals surface area contributed by atoms with Gasteiger partial charge in [0, 0.05) is 29.6 Å². The van der Waals surface area contributed by atoms with E-state index in [2.05, 4.69) is 5.32 Å². The van der Waals surface area contributed by atoms with Crippen molar-refractivity contribution in [1.29, 1.82) is 0 Å². The lowest BCUT2D eigenvalue weighted by atomic mass is 10.1. The van der Waals surface area contributed by atoms with Gasteiger partial charge in [-0.05, 0) is 13.1 Å². The summed E-state index contributed by atoms with van der Waals surface area (Å²) in [5.74, 6) is 0.143. The molecule has 4 nitrogen and oxygen atoms in total. The van der Waals surface area contributed by atoms with E-state index in [9.17, 15) is 4.79 Å². The van der Waals surface area contributed by atoms with Gasteiger partial charge < -0.3 is 15.0 Å². The van der Waals surface area contributed by atoms with Gasteiger partial charge >= 0.3 is 0 Å². The standard InChI is InChI=1S/C15H21ClN2O2/c1-11(9-17-2)15(19)18-7-8-20-14(10-18)12-5-3-4-6-13(12)16/h3-6,11,14,17H,7-10H2,1-2H3/t11-,14-/m0/s1. The predicted molar refractivity (Wildman–Crippen MR) is 79.8 cm³/mol. The second-order valence-corrected chi connectivity index (χ2v) is 5.53. The molecule has 20 heavy (non-hydrogen) atoms. The van der Waals surface area contributed by atoms with Gasteiger partial charge in [0.15, 0.2) is 0 Å². The first-order chi connectivity index (χ1) is 9.63. The molecule has 0 aliphatic carbocycles. The highest BCUT2D eigenvalue weighted by Crippen LogP contribution is 2.28. The van der Waals surface area contributed by atoms with Crippen LogP contribution in [-0.2, 0) is 9.53 Å². The van der Waals surface area contributed by atoms with E-state index >= 15 is 0 Å². The molecule has 1 fully saturated rings. The largest absolute Gasteiger partial charge is 0.370 e. The molecule has 0 spiro atoms. The summed E-state index contributed by atoms with van der Waals surface area (Å²) < 4.78 is 5.77. The maximum Gasteiger partial charge on any atom is 0.226 e. The van der Waals surface area contributed by atoms with Crippen LogP contribution >= 0.6 is 11.6 Å². The minimum absolute atomic E-state index is 0.0232. The van der Waals surface area contributed by atoms with Gasteiger partial charge in [-0.1, -0.05) is 36.7 Å². The zero-order chi connectivity index (χ0) is 14.5. The molecule has 2 atom stereocenters. The lowest BCUT2D eigenvalue weighted by Crippen LogP contribution is -2.46. The molecule has 110 valence electrons. The number of amides is 1. The number of halogens is 1. The Bertz CT molecular complexity index is 467. The number of rotatable bonds is 4. The second-order valence-electron chi connectivity index (χ2n) is 5.12. The molecule has 1 N–H and O–H groups in total. The second kappa shape index (κ2) is 7.07. The minimum Gasteiger partial charge on any atom is -0.370 e. The predicted octanol–water partition coefficient (Wildman–Crippen LogP) is 2.10. The van der Waals surface area contributed by atoms with Crippen molar-refractivity contribution in [2.24, 2.45) is 5.92 Å². The van der Waals surface area contributed by atoms with Gasteiger partial charge in [0.2, 0.25) is 5.91 Å². The molecule has 1 aromatic rings. The Morgan fingerprint density at radius 3 is 3.00 bits per heavy atom. The zero-order valence-corrected chi connectivity index (χ0v) is 12.7. The first-order valence-corrected chi connectivity index (χ1v) is 7.30. The third-order valence-electron chi connectivity index (χ3n) is 3.56. The van der Waals surface area contributed by atoms with E-state index in [-0.39, 0.29) is 17.9 Å². The third kappa shape index (κ3) is 3.51. The van der Waals surface area contributed by atoms with Gasteiger partial charge in [-0.3, -0.25) is 4.79 Å². The van der Waals surface area contributed by atoms with E-state index in [0.29, 0.717) is 31.3 Å². The fraction of sp³-hybridized carbons (Fsp3) is 0.533. The van der Waals surface area contributed by atoms with Crippen LogP contribution < -0.4 is 5.32 Å². The zero-order valence-electron chi connectivity index (χ0n) is 11.9. The molecule has 1 aliphatic heterocycles. The van der Waals surface area contributed by atoms with Crippen molar-refractivity contribution in [3.8, 4) is 0 Å². The van der Waals surface area contributed by atoms with Crippen molar-refractivity contribution >= 4 is 17.5 Å². The summed E-state index contributed by atoms with van der Waals surface area (Å²) in [4.78, 5) is 14.2. The summed E-state index contributed by atoms with van der Waals surface area (Å²) >= 11 is 6.20. The number of hydrogen-bond donors (Lipinski definition) is 1. The van der Waals surface area contributed by atoms with Crippen LogP contribution in [0.2, 0.25) is 5.02 Å². The van der Waals surface area contributed by atoms with Crippen molar-refractivity contribution in [3.05, 3.63) is 34.9 Å². The number of morpholine rings is 1. The lowest BCUT2D eigenvalue weighted by Gasteiger charge is -2.35. The Balaban J connectivity index is 2.05. The summed E-state index contributed by atoms with van der Waals surface area (Å²) in [5.41, 5.74) is 0.952. The molecule has 0 radical (unpaired) electrons. The number of carbonyl (C=O) groups is 1. The van der Waals surface area contributed by atoms with Crippen LogP contribution in [-0.4, -0.2) is 44.1 Å². The third-order valence-corrected chi connectivity index (χ3v) is 3.91. The van der Waals surface area contributed by atoms with Crippen molar-refractivity contribution in [1.82, 2.24) is 10.2 Å². The Hall–Kier alpha value is -1.10. The maximum absolute atomic E-state index is 12.3. The summed E-state index contributed by atoms with van der Waals surface area (Å²) in [7, 11) is 1.86. The van der Waals surface area contributed by atoms with Gasteiger partial charge in [0.25, 0.3) is 0 Å². The molecule has 0 saturated carbocycles. The summed E-state index contributed by atoms with van der Waals surface area (Å²) in [6, 6.07) is 7.64. The first kappa shape index (κ1) is 15.3. The summed E-state index contributed by atoms with van der Waals surface area (Å²) in [5, 5.41) is 3.73. The number of carbonyl (C=O) groups excluding carboxylic acids is 1. The van der Waals surface area contributed by atoms with Crippen LogP contribution in [0, 0.1) is 5.92 Å². The summed E-state index contributed by atoms with van der Waals surface area (Å²) in [6.07, 6.45) is -0.136. The van der Waals surface area contributed by atoms with E-state index in [1.807, 2.05) is 43.1 Å². The highest BCUT2D eigenvalue weighted by molar-refractivity contribution is 6.31. The number of nitrogens with zero attached hydrogens (tertiary/aromatic N) is 1. The van der Waals surface area contributed by atoms with Gasteiger partial charge in [-0.15, -0.1) is 0 Å². The monoisotopic (exact) mass is 296 g/mol. The van der Waals surface area contributed by atoms with Gasteiger partial charge in [0.05, 0.1) is 13.2 Å². The molecule has 5 heteroatoms. The fourth-order valence-corrected chi connectivity index (χ4v) is 2.74. The van der Waals surface area contributed by atoms with Crippen LogP contribution in [0.3, 0.4) is 0 Å². The SMILES string of the molecule is CNC[C@H](C)C(=O)N1CCO[C@H](c2ccccc2Cl)C1. The van der Waals surface area contributed by atoms with E-state index in [4.69, 9.17) is 16.3 Å². The average Bonchev–Trinajstić information content (AvgIpc) is 2.47. The fourth-order valence-electron chi connectivity index (χ4n) is 2.48.